The largest absolute Gasteiger partial charge is 0.383 e. The fraction of sp³-hybridized carbons (Fsp3) is 0.933. The fourth-order valence-electron chi connectivity index (χ4n) is 4.22. The molecule has 1 saturated carbocycles. The highest BCUT2D eigenvalue weighted by Crippen LogP contribution is 2.46. The Morgan fingerprint density at radius 1 is 1.22 bits per heavy atom. The predicted octanol–water partition coefficient (Wildman–Crippen LogP) is 0.920. The number of carbonyl (C=O) groups is 1. The molecule has 0 bridgehead atoms. The maximum Gasteiger partial charge on any atom is 0.260 e. The second-order valence-corrected chi connectivity index (χ2v) is 9.05. The van der Waals surface area contributed by atoms with Crippen LogP contribution in [0.4, 0.5) is 4.39 Å². The van der Waals surface area contributed by atoms with E-state index in [1.807, 2.05) is 0 Å². The van der Waals surface area contributed by atoms with Gasteiger partial charge in [0.2, 0.25) is 10.0 Å². The Hall–Kier alpha value is -0.730. The van der Waals surface area contributed by atoms with Gasteiger partial charge in [0.1, 0.15) is 0 Å². The summed E-state index contributed by atoms with van der Waals surface area (Å²) in [6.07, 6.45) is 4.56. The quantitative estimate of drug-likeness (QED) is 0.758. The van der Waals surface area contributed by atoms with Crippen LogP contribution in [-0.2, 0) is 19.6 Å². The van der Waals surface area contributed by atoms with E-state index in [9.17, 15) is 17.6 Å². The molecule has 132 valence electrons. The van der Waals surface area contributed by atoms with Crippen molar-refractivity contribution in [2.45, 2.75) is 55.8 Å². The van der Waals surface area contributed by atoms with E-state index in [-0.39, 0.29) is 6.04 Å². The zero-order valence-corrected chi connectivity index (χ0v) is 14.6. The van der Waals surface area contributed by atoms with Gasteiger partial charge < -0.3 is 9.64 Å². The molecule has 1 unspecified atom stereocenters. The fourth-order valence-corrected chi connectivity index (χ4v) is 5.90. The Balaban J connectivity index is 1.74. The molecule has 1 atom stereocenters. The summed E-state index contributed by atoms with van der Waals surface area (Å²) in [6.45, 7) is 1.23. The lowest BCUT2D eigenvalue weighted by Crippen LogP contribution is -2.58. The van der Waals surface area contributed by atoms with E-state index in [2.05, 4.69) is 0 Å². The number of halogens is 1. The van der Waals surface area contributed by atoms with Crippen molar-refractivity contribution in [1.29, 1.82) is 0 Å². The van der Waals surface area contributed by atoms with Crippen LogP contribution >= 0.6 is 0 Å². The number of rotatable bonds is 4. The molecule has 0 aromatic heterocycles. The summed E-state index contributed by atoms with van der Waals surface area (Å²) in [5.41, 5.74) is -2.09. The van der Waals surface area contributed by atoms with Crippen molar-refractivity contribution in [3.63, 3.8) is 0 Å². The monoisotopic (exact) mass is 348 g/mol. The molecular weight excluding hydrogens is 323 g/mol. The first-order chi connectivity index (χ1) is 10.7. The minimum atomic E-state index is -3.36. The summed E-state index contributed by atoms with van der Waals surface area (Å²) in [5, 5.41) is 0. The first-order valence-electron chi connectivity index (χ1n) is 8.19. The van der Waals surface area contributed by atoms with Crippen molar-refractivity contribution in [1.82, 2.24) is 9.21 Å². The number of nitrogens with zero attached hydrogens (tertiary/aromatic N) is 2. The summed E-state index contributed by atoms with van der Waals surface area (Å²) in [5.74, 6) is -0.412. The zero-order valence-electron chi connectivity index (χ0n) is 13.8. The third-order valence-electron chi connectivity index (χ3n) is 5.51. The van der Waals surface area contributed by atoms with E-state index in [0.29, 0.717) is 45.4 Å². The van der Waals surface area contributed by atoms with Crippen LogP contribution in [0.2, 0.25) is 0 Å². The van der Waals surface area contributed by atoms with Crippen molar-refractivity contribution in [3.8, 4) is 0 Å². The molecule has 1 amide bonds. The Morgan fingerprint density at radius 2 is 1.83 bits per heavy atom. The number of ether oxygens (including phenoxy) is 1. The number of methoxy groups -OCH3 is 1. The average Bonchev–Trinajstić information content (AvgIpc) is 3.13. The van der Waals surface area contributed by atoms with Crippen LogP contribution in [0.5, 0.6) is 0 Å². The molecular formula is C15H25FN2O4S. The SMILES string of the molecule is COCC1CCC2(CCN(C(=O)C3(F)CC3)CC2)N1S(C)(=O)=O. The smallest absolute Gasteiger partial charge is 0.260 e. The number of hydrogen-bond acceptors (Lipinski definition) is 4. The average molecular weight is 348 g/mol. The molecule has 0 radical (unpaired) electrons. The number of piperidine rings is 1. The highest BCUT2D eigenvalue weighted by atomic mass is 32.2. The van der Waals surface area contributed by atoms with Crippen LogP contribution in [0.3, 0.4) is 0 Å². The van der Waals surface area contributed by atoms with E-state index in [1.165, 1.54) is 6.26 Å². The van der Waals surface area contributed by atoms with Gasteiger partial charge in [-0.1, -0.05) is 0 Å². The number of carbonyl (C=O) groups excluding carboxylic acids is 1. The van der Waals surface area contributed by atoms with Crippen LogP contribution in [-0.4, -0.2) is 73.8 Å². The highest BCUT2D eigenvalue weighted by Gasteiger charge is 2.56. The predicted molar refractivity (Wildman–Crippen MR) is 83.2 cm³/mol. The zero-order chi connectivity index (χ0) is 16.9. The maximum atomic E-state index is 14.0. The van der Waals surface area contributed by atoms with Crippen molar-refractivity contribution < 1.29 is 22.3 Å². The standard InChI is InChI=1S/C15H25FN2O4S/c1-22-11-12-3-4-14(18(12)23(2,20)21)7-9-17(10-8-14)13(19)15(16)5-6-15/h12H,3-11H2,1-2H3. The normalized spacial score (nSPS) is 29.9. The third kappa shape index (κ3) is 3.00. The molecule has 6 nitrogen and oxygen atoms in total. The molecule has 23 heavy (non-hydrogen) atoms. The van der Waals surface area contributed by atoms with E-state index < -0.39 is 27.1 Å². The van der Waals surface area contributed by atoms with Crippen molar-refractivity contribution in [3.05, 3.63) is 0 Å². The molecule has 2 heterocycles. The molecule has 2 saturated heterocycles. The Kier molecular flexibility index (Phi) is 4.21. The maximum absolute atomic E-state index is 14.0. The summed E-state index contributed by atoms with van der Waals surface area (Å²) >= 11 is 0. The third-order valence-corrected chi connectivity index (χ3v) is 6.91. The van der Waals surface area contributed by atoms with Gasteiger partial charge in [0.25, 0.3) is 5.91 Å². The molecule has 2 aliphatic heterocycles. The highest BCUT2D eigenvalue weighted by molar-refractivity contribution is 7.88. The molecule has 1 aliphatic carbocycles. The van der Waals surface area contributed by atoms with Crippen LogP contribution in [0.15, 0.2) is 0 Å². The van der Waals surface area contributed by atoms with Crippen LogP contribution < -0.4 is 0 Å². The summed E-state index contributed by atoms with van der Waals surface area (Å²) in [6, 6.07) is -0.145. The van der Waals surface area contributed by atoms with Gasteiger partial charge >= 0.3 is 0 Å². The van der Waals surface area contributed by atoms with Crippen molar-refractivity contribution >= 4 is 15.9 Å². The van der Waals surface area contributed by atoms with Crippen LogP contribution in [0.25, 0.3) is 0 Å². The molecule has 0 aromatic carbocycles. The molecule has 3 aliphatic rings. The minimum Gasteiger partial charge on any atom is -0.383 e. The Morgan fingerprint density at radius 3 is 2.30 bits per heavy atom. The minimum absolute atomic E-state index is 0.145. The number of likely N-dealkylation sites (tertiary alicyclic amines) is 1. The van der Waals surface area contributed by atoms with E-state index in [0.717, 1.165) is 12.8 Å². The topological polar surface area (TPSA) is 66.9 Å². The number of sulfonamides is 1. The van der Waals surface area contributed by atoms with Gasteiger partial charge in [-0.15, -0.1) is 0 Å². The van der Waals surface area contributed by atoms with Crippen molar-refractivity contribution in [2.75, 3.05) is 33.1 Å². The molecule has 0 N–H and O–H groups in total. The van der Waals surface area contributed by atoms with Crippen LogP contribution in [0.1, 0.15) is 38.5 Å². The Bertz CT molecular complexity index is 582. The van der Waals surface area contributed by atoms with E-state index >= 15 is 0 Å². The molecule has 1 spiro atoms. The summed E-state index contributed by atoms with van der Waals surface area (Å²) in [7, 11) is -1.79. The van der Waals surface area contributed by atoms with E-state index in [4.69, 9.17) is 4.74 Å². The van der Waals surface area contributed by atoms with Gasteiger partial charge in [0.05, 0.1) is 12.9 Å². The second kappa shape index (κ2) is 5.67. The number of hydrogen-bond donors (Lipinski definition) is 0. The van der Waals surface area contributed by atoms with E-state index in [1.54, 1.807) is 16.3 Å². The van der Waals surface area contributed by atoms with Gasteiger partial charge in [-0.2, -0.15) is 4.31 Å². The number of amides is 1. The number of alkyl halides is 1. The van der Waals surface area contributed by atoms with Gasteiger partial charge in [-0.05, 0) is 38.5 Å². The molecule has 3 rings (SSSR count). The first-order valence-corrected chi connectivity index (χ1v) is 10.0. The van der Waals surface area contributed by atoms with Gasteiger partial charge in [0, 0.05) is 31.8 Å². The van der Waals surface area contributed by atoms with Gasteiger partial charge in [-0.3, -0.25) is 4.79 Å². The lowest BCUT2D eigenvalue weighted by molar-refractivity contribution is -0.140. The summed E-state index contributed by atoms with van der Waals surface area (Å²) in [4.78, 5) is 13.7. The molecule has 0 aromatic rings. The first kappa shape index (κ1) is 17.1. The van der Waals surface area contributed by atoms with Crippen LogP contribution in [0, 0.1) is 0 Å². The lowest BCUT2D eigenvalue weighted by atomic mass is 9.86. The van der Waals surface area contributed by atoms with Crippen molar-refractivity contribution in [2.24, 2.45) is 0 Å². The Labute approximate surface area is 137 Å². The summed E-state index contributed by atoms with van der Waals surface area (Å²) < 4.78 is 45.4. The van der Waals surface area contributed by atoms with Gasteiger partial charge in [-0.25, -0.2) is 12.8 Å². The van der Waals surface area contributed by atoms with Gasteiger partial charge in [0.15, 0.2) is 5.67 Å². The molecule has 8 heteroatoms. The molecule has 3 fully saturated rings. The lowest BCUT2D eigenvalue weighted by Gasteiger charge is -2.45. The second-order valence-electron chi connectivity index (χ2n) is 7.19.